The predicted molar refractivity (Wildman–Crippen MR) is 70.2 cm³/mol. The summed E-state index contributed by atoms with van der Waals surface area (Å²) in [5, 5.41) is 12.4. The lowest BCUT2D eigenvalue weighted by molar-refractivity contribution is 0.193. The Kier molecular flexibility index (Phi) is 3.16. The lowest BCUT2D eigenvalue weighted by Gasteiger charge is -2.32. The summed E-state index contributed by atoms with van der Waals surface area (Å²) in [5.41, 5.74) is 1.51. The van der Waals surface area contributed by atoms with Crippen LogP contribution in [0.15, 0.2) is 18.3 Å². The van der Waals surface area contributed by atoms with Gasteiger partial charge in [0.1, 0.15) is 11.8 Å². The fourth-order valence-corrected chi connectivity index (χ4v) is 3.21. The smallest absolute Gasteiger partial charge is 0.142 e. The Bertz CT molecular complexity index is 465. The van der Waals surface area contributed by atoms with E-state index >= 15 is 0 Å². The minimum absolute atomic E-state index is 0.485. The van der Waals surface area contributed by atoms with Gasteiger partial charge in [0, 0.05) is 30.5 Å². The normalized spacial score (nSPS) is 27.5. The number of hydrogen-bond donors (Lipinski definition) is 1. The second kappa shape index (κ2) is 4.95. The monoisotopic (exact) mass is 242 g/mol. The average molecular weight is 242 g/mol. The number of aromatic nitrogens is 1. The molecule has 0 bridgehead atoms. The summed E-state index contributed by atoms with van der Waals surface area (Å²) in [6, 6.07) is 7.08. The minimum Gasteiger partial charge on any atom is -0.381 e. The molecule has 2 fully saturated rings. The molecule has 2 unspecified atom stereocenters. The molecule has 4 nitrogen and oxygen atoms in total. The minimum atomic E-state index is 0.485. The number of nitrogens with zero attached hydrogens (tertiary/aromatic N) is 3. The first-order valence-corrected chi connectivity index (χ1v) is 6.73. The van der Waals surface area contributed by atoms with Crippen molar-refractivity contribution in [3.8, 4) is 6.07 Å². The summed E-state index contributed by atoms with van der Waals surface area (Å²) >= 11 is 0. The molecule has 0 radical (unpaired) electrons. The fourth-order valence-electron chi connectivity index (χ4n) is 3.21. The van der Waals surface area contributed by atoms with E-state index in [1.54, 1.807) is 6.20 Å². The SMILES string of the molecule is N#Cc1cc(NC2CCN3CCCCC23)ccn1. The van der Waals surface area contributed by atoms with E-state index in [4.69, 9.17) is 5.26 Å². The second-order valence-electron chi connectivity index (χ2n) is 5.18. The van der Waals surface area contributed by atoms with Gasteiger partial charge in [-0.2, -0.15) is 5.26 Å². The molecule has 94 valence electrons. The number of nitrogens with one attached hydrogen (secondary N) is 1. The molecule has 4 heteroatoms. The molecule has 3 heterocycles. The molecule has 0 aliphatic carbocycles. The number of nitriles is 1. The van der Waals surface area contributed by atoms with Crippen molar-refractivity contribution < 1.29 is 0 Å². The first-order valence-electron chi connectivity index (χ1n) is 6.73. The van der Waals surface area contributed by atoms with Gasteiger partial charge in [-0.25, -0.2) is 4.98 Å². The molecule has 1 N–H and O–H groups in total. The molecular weight excluding hydrogens is 224 g/mol. The van der Waals surface area contributed by atoms with Gasteiger partial charge in [-0.1, -0.05) is 6.42 Å². The third kappa shape index (κ3) is 2.19. The Morgan fingerprint density at radius 1 is 1.33 bits per heavy atom. The first kappa shape index (κ1) is 11.5. The molecule has 0 amide bonds. The van der Waals surface area contributed by atoms with Crippen LogP contribution >= 0.6 is 0 Å². The van der Waals surface area contributed by atoms with Crippen molar-refractivity contribution in [2.45, 2.75) is 37.8 Å². The van der Waals surface area contributed by atoms with Crippen LogP contribution < -0.4 is 5.32 Å². The van der Waals surface area contributed by atoms with Crippen LogP contribution in [0.4, 0.5) is 5.69 Å². The number of hydrogen-bond acceptors (Lipinski definition) is 4. The quantitative estimate of drug-likeness (QED) is 0.861. The number of anilines is 1. The molecule has 0 saturated carbocycles. The van der Waals surface area contributed by atoms with Crippen LogP contribution in [0.1, 0.15) is 31.4 Å². The van der Waals surface area contributed by atoms with Crippen molar-refractivity contribution >= 4 is 5.69 Å². The summed E-state index contributed by atoms with van der Waals surface area (Å²) in [7, 11) is 0. The Labute approximate surface area is 108 Å². The summed E-state index contributed by atoms with van der Waals surface area (Å²) in [5.74, 6) is 0. The standard InChI is InChI=1S/C14H18N4/c15-10-12-9-11(4-6-16-12)17-13-5-8-18-7-2-1-3-14(13)18/h4,6,9,13-14H,1-3,5,7-8H2,(H,16,17). The highest BCUT2D eigenvalue weighted by Crippen LogP contribution is 2.29. The number of fused-ring (bicyclic) bond motifs is 1. The van der Waals surface area contributed by atoms with Gasteiger partial charge in [-0.05, 0) is 37.9 Å². The highest BCUT2D eigenvalue weighted by molar-refractivity contribution is 5.47. The number of piperidine rings is 1. The van der Waals surface area contributed by atoms with Gasteiger partial charge in [0.2, 0.25) is 0 Å². The molecule has 2 saturated heterocycles. The summed E-state index contributed by atoms with van der Waals surface area (Å²) in [6.45, 7) is 2.46. The van der Waals surface area contributed by atoms with E-state index in [0.29, 0.717) is 17.8 Å². The Hall–Kier alpha value is -1.60. The predicted octanol–water partition coefficient (Wildman–Crippen LogP) is 1.99. The van der Waals surface area contributed by atoms with E-state index in [2.05, 4.69) is 21.3 Å². The Morgan fingerprint density at radius 3 is 3.17 bits per heavy atom. The van der Waals surface area contributed by atoms with Crippen LogP contribution in [0.5, 0.6) is 0 Å². The zero-order chi connectivity index (χ0) is 12.4. The summed E-state index contributed by atoms with van der Waals surface area (Å²) in [6.07, 6.45) is 6.90. The van der Waals surface area contributed by atoms with Crippen LogP contribution in [0, 0.1) is 11.3 Å². The van der Waals surface area contributed by atoms with E-state index in [1.165, 1.54) is 38.8 Å². The van der Waals surface area contributed by atoms with E-state index in [-0.39, 0.29) is 0 Å². The van der Waals surface area contributed by atoms with Gasteiger partial charge < -0.3 is 5.32 Å². The van der Waals surface area contributed by atoms with E-state index in [0.717, 1.165) is 5.69 Å². The zero-order valence-electron chi connectivity index (χ0n) is 10.5. The topological polar surface area (TPSA) is 52.0 Å². The average Bonchev–Trinajstić information content (AvgIpc) is 2.83. The van der Waals surface area contributed by atoms with Crippen molar-refractivity contribution in [2.75, 3.05) is 18.4 Å². The van der Waals surface area contributed by atoms with Crippen molar-refractivity contribution in [3.05, 3.63) is 24.0 Å². The van der Waals surface area contributed by atoms with E-state index < -0.39 is 0 Å². The molecule has 3 rings (SSSR count). The third-order valence-corrected chi connectivity index (χ3v) is 4.08. The van der Waals surface area contributed by atoms with E-state index in [9.17, 15) is 0 Å². The highest BCUT2D eigenvalue weighted by atomic mass is 15.2. The molecule has 1 aromatic rings. The van der Waals surface area contributed by atoms with E-state index in [1.807, 2.05) is 12.1 Å². The second-order valence-corrected chi connectivity index (χ2v) is 5.18. The van der Waals surface area contributed by atoms with Crippen molar-refractivity contribution in [1.82, 2.24) is 9.88 Å². The molecule has 18 heavy (non-hydrogen) atoms. The Morgan fingerprint density at radius 2 is 2.28 bits per heavy atom. The third-order valence-electron chi connectivity index (χ3n) is 4.08. The van der Waals surface area contributed by atoms with Crippen molar-refractivity contribution in [3.63, 3.8) is 0 Å². The van der Waals surface area contributed by atoms with Gasteiger partial charge in [0.05, 0.1) is 0 Å². The van der Waals surface area contributed by atoms with Gasteiger partial charge in [-0.3, -0.25) is 4.90 Å². The summed E-state index contributed by atoms with van der Waals surface area (Å²) in [4.78, 5) is 6.61. The van der Waals surface area contributed by atoms with Gasteiger partial charge >= 0.3 is 0 Å². The largest absolute Gasteiger partial charge is 0.381 e. The molecule has 2 atom stereocenters. The van der Waals surface area contributed by atoms with Crippen LogP contribution in [-0.4, -0.2) is 35.1 Å². The van der Waals surface area contributed by atoms with Gasteiger partial charge in [-0.15, -0.1) is 0 Å². The zero-order valence-corrected chi connectivity index (χ0v) is 10.5. The summed E-state index contributed by atoms with van der Waals surface area (Å²) < 4.78 is 0. The Balaban J connectivity index is 1.71. The molecular formula is C14H18N4. The van der Waals surface area contributed by atoms with Crippen LogP contribution in [-0.2, 0) is 0 Å². The first-order chi connectivity index (χ1) is 8.86. The maximum atomic E-state index is 8.86. The molecule has 0 aromatic carbocycles. The molecule has 1 aromatic heterocycles. The van der Waals surface area contributed by atoms with Crippen LogP contribution in [0.2, 0.25) is 0 Å². The molecule has 2 aliphatic heterocycles. The molecule has 0 spiro atoms. The fraction of sp³-hybridized carbons (Fsp3) is 0.571. The lowest BCUT2D eigenvalue weighted by Crippen LogP contribution is -2.41. The van der Waals surface area contributed by atoms with Crippen molar-refractivity contribution in [2.24, 2.45) is 0 Å². The number of pyridine rings is 1. The lowest BCUT2D eigenvalue weighted by atomic mass is 9.99. The van der Waals surface area contributed by atoms with Crippen LogP contribution in [0.25, 0.3) is 0 Å². The van der Waals surface area contributed by atoms with Gasteiger partial charge in [0.25, 0.3) is 0 Å². The van der Waals surface area contributed by atoms with Crippen molar-refractivity contribution in [1.29, 1.82) is 5.26 Å². The van der Waals surface area contributed by atoms with Gasteiger partial charge in [0.15, 0.2) is 0 Å². The number of rotatable bonds is 2. The molecule has 2 aliphatic rings. The maximum Gasteiger partial charge on any atom is 0.142 e. The van der Waals surface area contributed by atoms with Crippen LogP contribution in [0.3, 0.4) is 0 Å². The highest BCUT2D eigenvalue weighted by Gasteiger charge is 2.35. The maximum absolute atomic E-state index is 8.86.